The number of rotatable bonds is 9. The number of ether oxygens (including phenoxy) is 1. The molecule has 0 spiro atoms. The van der Waals surface area contributed by atoms with Crippen LogP contribution in [0.2, 0.25) is 0 Å². The molecule has 0 aliphatic heterocycles. The molecule has 0 unspecified atom stereocenters. The minimum absolute atomic E-state index is 0.0302. The van der Waals surface area contributed by atoms with Gasteiger partial charge in [-0.05, 0) is 31.0 Å². The second kappa shape index (κ2) is 9.31. The molecule has 2 aromatic heterocycles. The minimum atomic E-state index is -0.0302. The van der Waals surface area contributed by atoms with Gasteiger partial charge in [0.25, 0.3) is 0 Å². The molecule has 2 heterocycles. The predicted molar refractivity (Wildman–Crippen MR) is 102 cm³/mol. The number of carbonyl (C=O) groups excluding carboxylic acids is 1. The SMILES string of the molecule is C[C@H](OCCCNC(=O)Cc1csc(-c2ccco2)n1)c1ccccc1. The third-order valence-corrected chi connectivity index (χ3v) is 4.81. The molecule has 5 nitrogen and oxygen atoms in total. The fourth-order valence-electron chi connectivity index (χ4n) is 2.51. The largest absolute Gasteiger partial charge is 0.462 e. The van der Waals surface area contributed by atoms with Crippen LogP contribution in [0.25, 0.3) is 10.8 Å². The van der Waals surface area contributed by atoms with E-state index in [-0.39, 0.29) is 18.4 Å². The molecule has 1 amide bonds. The number of hydrogen-bond acceptors (Lipinski definition) is 5. The summed E-state index contributed by atoms with van der Waals surface area (Å²) in [6, 6.07) is 13.8. The van der Waals surface area contributed by atoms with E-state index < -0.39 is 0 Å². The van der Waals surface area contributed by atoms with Crippen molar-refractivity contribution in [2.75, 3.05) is 13.2 Å². The Morgan fingerprint density at radius 1 is 1.27 bits per heavy atom. The van der Waals surface area contributed by atoms with E-state index in [0.29, 0.717) is 13.2 Å². The second-order valence-corrected chi connectivity index (χ2v) is 6.78. The lowest BCUT2D eigenvalue weighted by Crippen LogP contribution is -2.27. The molecule has 0 aliphatic carbocycles. The number of nitrogens with zero attached hydrogens (tertiary/aromatic N) is 1. The van der Waals surface area contributed by atoms with E-state index >= 15 is 0 Å². The summed E-state index contributed by atoms with van der Waals surface area (Å²) in [4.78, 5) is 16.4. The van der Waals surface area contributed by atoms with Gasteiger partial charge in [-0.3, -0.25) is 4.79 Å². The van der Waals surface area contributed by atoms with E-state index in [1.165, 1.54) is 11.3 Å². The van der Waals surface area contributed by atoms with Crippen LogP contribution in [0.3, 0.4) is 0 Å². The van der Waals surface area contributed by atoms with Crippen molar-refractivity contribution in [1.82, 2.24) is 10.3 Å². The fraction of sp³-hybridized carbons (Fsp3) is 0.300. The van der Waals surface area contributed by atoms with E-state index in [4.69, 9.17) is 9.15 Å². The zero-order chi connectivity index (χ0) is 18.2. The number of furan rings is 1. The fourth-order valence-corrected chi connectivity index (χ4v) is 3.29. The molecular weight excluding hydrogens is 348 g/mol. The summed E-state index contributed by atoms with van der Waals surface area (Å²) < 4.78 is 11.1. The van der Waals surface area contributed by atoms with Gasteiger partial charge in [-0.2, -0.15) is 0 Å². The van der Waals surface area contributed by atoms with Crippen LogP contribution in [0, 0.1) is 0 Å². The number of thiazole rings is 1. The van der Waals surface area contributed by atoms with Gasteiger partial charge in [-0.25, -0.2) is 4.98 Å². The average molecular weight is 370 g/mol. The Hall–Kier alpha value is -2.44. The molecule has 0 radical (unpaired) electrons. The van der Waals surface area contributed by atoms with Crippen LogP contribution in [0.4, 0.5) is 0 Å². The molecule has 26 heavy (non-hydrogen) atoms. The second-order valence-electron chi connectivity index (χ2n) is 5.93. The summed E-state index contributed by atoms with van der Waals surface area (Å²) in [5.74, 6) is 0.698. The molecule has 3 aromatic rings. The van der Waals surface area contributed by atoms with Gasteiger partial charge in [0.05, 0.1) is 24.5 Å². The van der Waals surface area contributed by atoms with Crippen molar-refractivity contribution < 1.29 is 13.9 Å². The summed E-state index contributed by atoms with van der Waals surface area (Å²) in [5, 5.41) is 5.59. The van der Waals surface area contributed by atoms with Gasteiger partial charge in [0.15, 0.2) is 10.8 Å². The maximum absolute atomic E-state index is 12.0. The Labute approximate surface area is 157 Å². The van der Waals surface area contributed by atoms with Crippen molar-refractivity contribution >= 4 is 17.2 Å². The van der Waals surface area contributed by atoms with Gasteiger partial charge in [0, 0.05) is 18.5 Å². The van der Waals surface area contributed by atoms with Crippen molar-refractivity contribution in [3.63, 3.8) is 0 Å². The number of aromatic nitrogens is 1. The lowest BCUT2D eigenvalue weighted by Gasteiger charge is -2.13. The Morgan fingerprint density at radius 3 is 2.88 bits per heavy atom. The Kier molecular flexibility index (Phi) is 6.57. The van der Waals surface area contributed by atoms with Gasteiger partial charge >= 0.3 is 0 Å². The summed E-state index contributed by atoms with van der Waals surface area (Å²) in [5.41, 5.74) is 1.92. The Morgan fingerprint density at radius 2 is 2.12 bits per heavy atom. The van der Waals surface area contributed by atoms with Crippen molar-refractivity contribution in [2.24, 2.45) is 0 Å². The zero-order valence-electron chi connectivity index (χ0n) is 14.7. The Bertz CT molecular complexity index is 800. The minimum Gasteiger partial charge on any atom is -0.462 e. The third-order valence-electron chi connectivity index (χ3n) is 3.91. The first-order valence-corrected chi connectivity index (χ1v) is 9.52. The summed E-state index contributed by atoms with van der Waals surface area (Å²) in [6.45, 7) is 3.23. The van der Waals surface area contributed by atoms with E-state index in [1.54, 1.807) is 6.26 Å². The van der Waals surface area contributed by atoms with Gasteiger partial charge < -0.3 is 14.5 Å². The number of carbonyl (C=O) groups is 1. The first kappa shape index (κ1) is 18.4. The van der Waals surface area contributed by atoms with Crippen LogP contribution in [0.5, 0.6) is 0 Å². The van der Waals surface area contributed by atoms with Gasteiger partial charge in [-0.15, -0.1) is 11.3 Å². The highest BCUT2D eigenvalue weighted by Crippen LogP contribution is 2.24. The highest BCUT2D eigenvalue weighted by molar-refractivity contribution is 7.13. The van der Waals surface area contributed by atoms with Crippen LogP contribution < -0.4 is 5.32 Å². The van der Waals surface area contributed by atoms with E-state index in [1.807, 2.05) is 42.6 Å². The number of amides is 1. The van der Waals surface area contributed by atoms with Gasteiger partial charge in [0.2, 0.25) is 5.91 Å². The number of benzene rings is 1. The van der Waals surface area contributed by atoms with E-state index in [0.717, 1.165) is 28.4 Å². The topological polar surface area (TPSA) is 64.4 Å². The highest BCUT2D eigenvalue weighted by atomic mass is 32.1. The normalized spacial score (nSPS) is 12.0. The number of hydrogen-bond donors (Lipinski definition) is 1. The summed E-state index contributed by atoms with van der Waals surface area (Å²) in [6.07, 6.45) is 2.72. The quantitative estimate of drug-likeness (QED) is 0.573. The lowest BCUT2D eigenvalue weighted by molar-refractivity contribution is -0.120. The average Bonchev–Trinajstić information content (AvgIpc) is 3.33. The summed E-state index contributed by atoms with van der Waals surface area (Å²) >= 11 is 1.48. The van der Waals surface area contributed by atoms with E-state index in [9.17, 15) is 4.79 Å². The molecule has 3 rings (SSSR count). The van der Waals surface area contributed by atoms with Crippen molar-refractivity contribution in [3.05, 3.63) is 65.4 Å². The molecule has 0 fully saturated rings. The molecular formula is C20H22N2O3S. The smallest absolute Gasteiger partial charge is 0.226 e. The van der Waals surface area contributed by atoms with Crippen LogP contribution in [-0.4, -0.2) is 24.0 Å². The highest BCUT2D eigenvalue weighted by Gasteiger charge is 2.10. The maximum Gasteiger partial charge on any atom is 0.226 e. The predicted octanol–water partition coefficient (Wildman–Crippen LogP) is 4.23. The first-order valence-electron chi connectivity index (χ1n) is 8.64. The molecule has 0 saturated carbocycles. The maximum atomic E-state index is 12.0. The molecule has 0 bridgehead atoms. The van der Waals surface area contributed by atoms with E-state index in [2.05, 4.69) is 22.4 Å². The molecule has 0 saturated heterocycles. The van der Waals surface area contributed by atoms with Crippen molar-refractivity contribution in [1.29, 1.82) is 0 Å². The van der Waals surface area contributed by atoms with Crippen LogP contribution in [-0.2, 0) is 16.0 Å². The number of nitrogens with one attached hydrogen (secondary N) is 1. The Balaban J connectivity index is 1.33. The first-order chi connectivity index (χ1) is 12.7. The molecule has 1 atom stereocenters. The van der Waals surface area contributed by atoms with Crippen LogP contribution >= 0.6 is 11.3 Å². The molecule has 136 valence electrons. The third kappa shape index (κ3) is 5.28. The lowest BCUT2D eigenvalue weighted by atomic mass is 10.1. The molecule has 1 N–H and O–H groups in total. The van der Waals surface area contributed by atoms with Gasteiger partial charge in [0.1, 0.15) is 0 Å². The standard InChI is InChI=1S/C20H22N2O3S/c1-15(16-7-3-2-4-8-16)24-12-6-10-21-19(23)13-17-14-26-20(22-17)18-9-5-11-25-18/h2-5,7-9,11,14-15H,6,10,12-13H2,1H3,(H,21,23)/t15-/m0/s1. The summed E-state index contributed by atoms with van der Waals surface area (Å²) in [7, 11) is 0. The zero-order valence-corrected chi connectivity index (χ0v) is 15.5. The van der Waals surface area contributed by atoms with Crippen LogP contribution in [0.15, 0.2) is 58.5 Å². The monoisotopic (exact) mass is 370 g/mol. The van der Waals surface area contributed by atoms with Crippen molar-refractivity contribution in [2.45, 2.75) is 25.9 Å². The molecule has 6 heteroatoms. The van der Waals surface area contributed by atoms with Gasteiger partial charge in [-0.1, -0.05) is 30.3 Å². The van der Waals surface area contributed by atoms with Crippen molar-refractivity contribution in [3.8, 4) is 10.8 Å². The van der Waals surface area contributed by atoms with Crippen LogP contribution in [0.1, 0.15) is 30.7 Å². The molecule has 0 aliphatic rings. The molecule has 1 aromatic carbocycles.